The lowest BCUT2D eigenvalue weighted by Crippen LogP contribution is -2.48. The molecule has 0 aliphatic carbocycles. The molecular formula is C16H34N2O. The summed E-state index contributed by atoms with van der Waals surface area (Å²) in [5, 5.41) is 3.70. The topological polar surface area (TPSA) is 24.5 Å². The highest BCUT2D eigenvalue weighted by atomic mass is 16.5. The number of ether oxygens (including phenoxy) is 1. The fourth-order valence-corrected chi connectivity index (χ4v) is 2.99. The van der Waals surface area contributed by atoms with Gasteiger partial charge < -0.3 is 15.0 Å². The van der Waals surface area contributed by atoms with Gasteiger partial charge in [0.05, 0.1) is 6.61 Å². The molecule has 1 fully saturated rings. The summed E-state index contributed by atoms with van der Waals surface area (Å²) in [5.74, 6) is 1.41. The van der Waals surface area contributed by atoms with Crippen molar-refractivity contribution in [2.75, 3.05) is 33.4 Å². The second-order valence-corrected chi connectivity index (χ2v) is 6.60. The third kappa shape index (κ3) is 6.24. The summed E-state index contributed by atoms with van der Waals surface area (Å²) in [7, 11) is 2.26. The van der Waals surface area contributed by atoms with Gasteiger partial charge in [0, 0.05) is 31.2 Å². The van der Waals surface area contributed by atoms with Gasteiger partial charge in [-0.15, -0.1) is 0 Å². The van der Waals surface area contributed by atoms with Crippen molar-refractivity contribution < 1.29 is 4.74 Å². The van der Waals surface area contributed by atoms with E-state index in [4.69, 9.17) is 4.74 Å². The molecule has 0 aromatic rings. The van der Waals surface area contributed by atoms with Crippen LogP contribution in [-0.2, 0) is 4.74 Å². The lowest BCUT2D eigenvalue weighted by Gasteiger charge is -2.37. The van der Waals surface area contributed by atoms with Crippen LogP contribution in [0.25, 0.3) is 0 Å². The molecule has 0 saturated carbocycles. The Balaban J connectivity index is 2.42. The average Bonchev–Trinajstić information content (AvgIpc) is 2.36. The molecule has 1 rings (SSSR count). The molecule has 1 aliphatic rings. The molecule has 0 aromatic carbocycles. The van der Waals surface area contributed by atoms with E-state index < -0.39 is 0 Å². The van der Waals surface area contributed by atoms with Crippen molar-refractivity contribution >= 4 is 0 Å². The zero-order valence-corrected chi connectivity index (χ0v) is 13.6. The van der Waals surface area contributed by atoms with Crippen molar-refractivity contribution in [2.24, 2.45) is 11.8 Å². The molecule has 0 bridgehead atoms. The molecule has 1 N–H and O–H groups in total. The predicted octanol–water partition coefficient (Wildman–Crippen LogP) is 2.76. The van der Waals surface area contributed by atoms with E-state index in [-0.39, 0.29) is 0 Å². The van der Waals surface area contributed by atoms with Crippen LogP contribution < -0.4 is 5.32 Å². The summed E-state index contributed by atoms with van der Waals surface area (Å²) < 4.78 is 5.69. The van der Waals surface area contributed by atoms with Crippen LogP contribution in [0, 0.1) is 11.8 Å². The molecule has 1 heterocycles. The fourth-order valence-electron chi connectivity index (χ4n) is 2.99. The first-order valence-corrected chi connectivity index (χ1v) is 8.05. The molecule has 0 spiro atoms. The summed E-state index contributed by atoms with van der Waals surface area (Å²) in [4.78, 5) is 2.51. The van der Waals surface area contributed by atoms with Gasteiger partial charge in [-0.25, -0.2) is 0 Å². The van der Waals surface area contributed by atoms with Gasteiger partial charge in [0.1, 0.15) is 0 Å². The molecule has 3 unspecified atom stereocenters. The smallest absolute Gasteiger partial charge is 0.0521 e. The minimum absolute atomic E-state index is 0.639. The highest BCUT2D eigenvalue weighted by Crippen LogP contribution is 2.18. The zero-order valence-electron chi connectivity index (χ0n) is 13.6. The first-order valence-electron chi connectivity index (χ1n) is 8.05. The second-order valence-electron chi connectivity index (χ2n) is 6.60. The quantitative estimate of drug-likeness (QED) is 0.734. The summed E-state index contributed by atoms with van der Waals surface area (Å²) in [6, 6.07) is 1.30. The standard InChI is InChI=1S/C16H34N2O/c1-6-8-17-16-7-9-19-12-15(16)11-18(5)14(4)10-13(2)3/h13-17H,6-12H2,1-5H3. The van der Waals surface area contributed by atoms with Crippen molar-refractivity contribution in [2.45, 2.75) is 59.0 Å². The van der Waals surface area contributed by atoms with Crippen LogP contribution in [0.2, 0.25) is 0 Å². The Hall–Kier alpha value is -0.120. The van der Waals surface area contributed by atoms with Gasteiger partial charge in [0.2, 0.25) is 0 Å². The number of rotatable bonds is 8. The molecule has 0 amide bonds. The van der Waals surface area contributed by atoms with Gasteiger partial charge in [0.25, 0.3) is 0 Å². The molecule has 114 valence electrons. The van der Waals surface area contributed by atoms with Crippen molar-refractivity contribution in [3.8, 4) is 0 Å². The second kappa shape index (κ2) is 8.93. The summed E-state index contributed by atoms with van der Waals surface area (Å²) >= 11 is 0. The summed E-state index contributed by atoms with van der Waals surface area (Å²) in [6.07, 6.45) is 3.65. The Labute approximate surface area is 120 Å². The van der Waals surface area contributed by atoms with E-state index in [0.717, 1.165) is 38.6 Å². The molecule has 0 aromatic heterocycles. The number of hydrogen-bond donors (Lipinski definition) is 1. The fraction of sp³-hybridized carbons (Fsp3) is 1.00. The van der Waals surface area contributed by atoms with Gasteiger partial charge in [-0.05, 0) is 45.7 Å². The van der Waals surface area contributed by atoms with Gasteiger partial charge in [-0.2, -0.15) is 0 Å². The minimum atomic E-state index is 0.639. The van der Waals surface area contributed by atoms with Gasteiger partial charge in [-0.1, -0.05) is 20.8 Å². The minimum Gasteiger partial charge on any atom is -0.381 e. The maximum Gasteiger partial charge on any atom is 0.0521 e. The van der Waals surface area contributed by atoms with E-state index in [1.165, 1.54) is 12.8 Å². The first kappa shape index (κ1) is 16.9. The molecule has 3 nitrogen and oxygen atoms in total. The van der Waals surface area contributed by atoms with E-state index >= 15 is 0 Å². The Bertz CT molecular complexity index is 233. The van der Waals surface area contributed by atoms with Crippen molar-refractivity contribution in [1.82, 2.24) is 10.2 Å². The zero-order chi connectivity index (χ0) is 14.3. The monoisotopic (exact) mass is 270 g/mol. The predicted molar refractivity (Wildman–Crippen MR) is 82.6 cm³/mol. The third-order valence-electron chi connectivity index (χ3n) is 4.22. The van der Waals surface area contributed by atoms with Crippen molar-refractivity contribution in [1.29, 1.82) is 0 Å². The van der Waals surface area contributed by atoms with E-state index in [1.807, 2.05) is 0 Å². The van der Waals surface area contributed by atoms with Crippen LogP contribution in [0.15, 0.2) is 0 Å². The van der Waals surface area contributed by atoms with E-state index in [1.54, 1.807) is 0 Å². The maximum absolute atomic E-state index is 5.69. The van der Waals surface area contributed by atoms with Crippen molar-refractivity contribution in [3.63, 3.8) is 0 Å². The van der Waals surface area contributed by atoms with E-state index in [0.29, 0.717) is 18.0 Å². The van der Waals surface area contributed by atoms with E-state index in [9.17, 15) is 0 Å². The normalized spacial score (nSPS) is 26.1. The van der Waals surface area contributed by atoms with Gasteiger partial charge in [-0.3, -0.25) is 0 Å². The van der Waals surface area contributed by atoms with Crippen LogP contribution in [0.5, 0.6) is 0 Å². The van der Waals surface area contributed by atoms with Crippen LogP contribution >= 0.6 is 0 Å². The largest absolute Gasteiger partial charge is 0.381 e. The molecule has 19 heavy (non-hydrogen) atoms. The van der Waals surface area contributed by atoms with Crippen LogP contribution in [0.4, 0.5) is 0 Å². The molecule has 1 saturated heterocycles. The first-order chi connectivity index (χ1) is 9.04. The Morgan fingerprint density at radius 3 is 2.68 bits per heavy atom. The summed E-state index contributed by atoms with van der Waals surface area (Å²) in [5.41, 5.74) is 0. The lowest BCUT2D eigenvalue weighted by atomic mass is 9.94. The van der Waals surface area contributed by atoms with Crippen molar-refractivity contribution in [3.05, 3.63) is 0 Å². The van der Waals surface area contributed by atoms with Crippen LogP contribution in [0.1, 0.15) is 47.0 Å². The van der Waals surface area contributed by atoms with Gasteiger partial charge >= 0.3 is 0 Å². The number of hydrogen-bond acceptors (Lipinski definition) is 3. The maximum atomic E-state index is 5.69. The Morgan fingerprint density at radius 2 is 2.05 bits per heavy atom. The van der Waals surface area contributed by atoms with Crippen LogP contribution in [0.3, 0.4) is 0 Å². The molecule has 3 heteroatoms. The Kier molecular flexibility index (Phi) is 7.96. The Morgan fingerprint density at radius 1 is 1.32 bits per heavy atom. The third-order valence-corrected chi connectivity index (χ3v) is 4.22. The highest BCUT2D eigenvalue weighted by Gasteiger charge is 2.27. The number of nitrogens with one attached hydrogen (secondary N) is 1. The summed E-state index contributed by atoms with van der Waals surface area (Å²) in [6.45, 7) is 13.3. The van der Waals surface area contributed by atoms with Crippen LogP contribution in [-0.4, -0.2) is 50.3 Å². The average molecular weight is 270 g/mol. The molecule has 1 aliphatic heterocycles. The number of nitrogens with zero attached hydrogens (tertiary/aromatic N) is 1. The highest BCUT2D eigenvalue weighted by molar-refractivity contribution is 4.82. The lowest BCUT2D eigenvalue weighted by molar-refractivity contribution is 0.0145. The molecular weight excluding hydrogens is 236 g/mol. The van der Waals surface area contributed by atoms with E-state index in [2.05, 4.69) is 45.0 Å². The van der Waals surface area contributed by atoms with Gasteiger partial charge in [0.15, 0.2) is 0 Å². The molecule has 0 radical (unpaired) electrons. The SMILES string of the molecule is CCCNC1CCOCC1CN(C)C(C)CC(C)C. The molecule has 3 atom stereocenters.